The lowest BCUT2D eigenvalue weighted by atomic mass is 10.2. The van der Waals surface area contributed by atoms with Crippen LogP contribution < -0.4 is 9.47 Å². The highest BCUT2D eigenvalue weighted by Crippen LogP contribution is 2.65. The molecule has 132 valence electrons. The van der Waals surface area contributed by atoms with Crippen LogP contribution in [-0.2, 0) is 13.6 Å². The number of rotatable bonds is 9. The molecule has 0 spiro atoms. The highest BCUT2D eigenvalue weighted by Gasteiger charge is 2.38. The van der Waals surface area contributed by atoms with Crippen LogP contribution in [0, 0.1) is 0 Å². The third kappa shape index (κ3) is 5.79. The number of hydrogen-bond acceptors (Lipinski definition) is 5. The topological polar surface area (TPSA) is 54.0 Å². The first-order valence-electron chi connectivity index (χ1n) is 7.64. The van der Waals surface area contributed by atoms with Crippen molar-refractivity contribution in [2.24, 2.45) is 0 Å². The molecule has 0 saturated carbocycles. The van der Waals surface area contributed by atoms with E-state index in [9.17, 15) is 4.57 Å². The second-order valence-electron chi connectivity index (χ2n) is 5.53. The summed E-state index contributed by atoms with van der Waals surface area (Å²) in [5, 5.41) is 0. The van der Waals surface area contributed by atoms with Gasteiger partial charge in [-0.15, -0.1) is 0 Å². The van der Waals surface area contributed by atoms with Gasteiger partial charge in [0.15, 0.2) is 11.5 Å². The predicted molar refractivity (Wildman–Crippen MR) is 95.9 cm³/mol. The minimum Gasteiger partial charge on any atom is -0.493 e. The lowest BCUT2D eigenvalue weighted by Crippen LogP contribution is -2.11. The van der Waals surface area contributed by atoms with Crippen LogP contribution in [0.15, 0.2) is 18.2 Å². The molecule has 7 heteroatoms. The molecule has 23 heavy (non-hydrogen) atoms. The summed E-state index contributed by atoms with van der Waals surface area (Å²) in [5.41, 5.74) is 0.749. The van der Waals surface area contributed by atoms with E-state index in [2.05, 4.69) is 15.9 Å². The summed E-state index contributed by atoms with van der Waals surface area (Å²) in [7, 11) is -1.81. The zero-order valence-electron chi connectivity index (χ0n) is 14.5. The van der Waals surface area contributed by atoms with Crippen LogP contribution in [0.3, 0.4) is 0 Å². The predicted octanol–water partition coefficient (Wildman–Crippen LogP) is 5.53. The van der Waals surface area contributed by atoms with Crippen LogP contribution in [0.4, 0.5) is 0 Å². The van der Waals surface area contributed by atoms with Crippen LogP contribution in [-0.4, -0.2) is 25.9 Å². The molecule has 0 aliphatic carbocycles. The first kappa shape index (κ1) is 20.5. The van der Waals surface area contributed by atoms with E-state index in [-0.39, 0.29) is 12.2 Å². The summed E-state index contributed by atoms with van der Waals surface area (Å²) < 4.78 is 34.7. The summed E-state index contributed by atoms with van der Waals surface area (Å²) in [4.78, 5) is 0. The van der Waals surface area contributed by atoms with Gasteiger partial charge in [-0.2, -0.15) is 0 Å². The number of halogens is 1. The Kier molecular flexibility index (Phi) is 8.08. The van der Waals surface area contributed by atoms with Gasteiger partial charge in [-0.25, -0.2) is 0 Å². The maximum Gasteiger partial charge on any atom is 0.349 e. The summed E-state index contributed by atoms with van der Waals surface area (Å²) in [6.45, 7) is 9.72. The van der Waals surface area contributed by atoms with Gasteiger partial charge in [0.25, 0.3) is 0 Å². The fourth-order valence-electron chi connectivity index (χ4n) is 2.01. The molecular formula is C16H26BrO5P. The van der Waals surface area contributed by atoms with Crippen molar-refractivity contribution in [2.75, 3.05) is 13.7 Å². The normalized spacial score (nSPS) is 13.4. The van der Waals surface area contributed by atoms with Crippen molar-refractivity contribution in [1.29, 1.82) is 0 Å². The number of ether oxygens (including phenoxy) is 2. The number of alkyl halides is 1. The SMILES string of the molecule is CCOc1cc(C(Br)P(=O)(OC(C)C)OC(C)C)ccc1OC. The molecule has 1 rings (SSSR count). The first-order valence-corrected chi connectivity index (χ1v) is 10.2. The first-order chi connectivity index (χ1) is 10.7. The van der Waals surface area contributed by atoms with Crippen molar-refractivity contribution in [2.45, 2.75) is 51.4 Å². The largest absolute Gasteiger partial charge is 0.493 e. The molecular weight excluding hydrogens is 383 g/mol. The van der Waals surface area contributed by atoms with Crippen molar-refractivity contribution in [3.8, 4) is 11.5 Å². The minimum atomic E-state index is -3.39. The van der Waals surface area contributed by atoms with Crippen LogP contribution in [0.1, 0.15) is 44.8 Å². The van der Waals surface area contributed by atoms with Gasteiger partial charge in [-0.05, 0) is 52.3 Å². The quantitative estimate of drug-likeness (QED) is 0.397. The van der Waals surface area contributed by atoms with Crippen LogP contribution >= 0.6 is 23.5 Å². The molecule has 1 unspecified atom stereocenters. The van der Waals surface area contributed by atoms with E-state index in [0.29, 0.717) is 18.1 Å². The van der Waals surface area contributed by atoms with Gasteiger partial charge in [0.05, 0.1) is 25.9 Å². The maximum atomic E-state index is 13.2. The van der Waals surface area contributed by atoms with Crippen LogP contribution in [0.2, 0.25) is 0 Å². The molecule has 5 nitrogen and oxygen atoms in total. The lowest BCUT2D eigenvalue weighted by Gasteiger charge is -2.27. The number of benzene rings is 1. The Morgan fingerprint density at radius 1 is 1.09 bits per heavy atom. The zero-order valence-corrected chi connectivity index (χ0v) is 17.0. The Labute approximate surface area is 147 Å². The van der Waals surface area contributed by atoms with Gasteiger partial charge >= 0.3 is 7.60 Å². The van der Waals surface area contributed by atoms with Crippen molar-refractivity contribution >= 4 is 23.5 Å². The van der Waals surface area contributed by atoms with Crippen molar-refractivity contribution in [3.63, 3.8) is 0 Å². The molecule has 1 atom stereocenters. The van der Waals surface area contributed by atoms with Gasteiger partial charge in [-0.3, -0.25) is 4.57 Å². The molecule has 1 aromatic carbocycles. The number of methoxy groups -OCH3 is 1. The fourth-order valence-corrected chi connectivity index (χ4v) is 4.84. The Balaban J connectivity index is 3.19. The minimum absolute atomic E-state index is 0.218. The molecule has 1 aromatic rings. The number of hydrogen-bond donors (Lipinski definition) is 0. The lowest BCUT2D eigenvalue weighted by molar-refractivity contribution is 0.141. The van der Waals surface area contributed by atoms with Crippen molar-refractivity contribution in [1.82, 2.24) is 0 Å². The van der Waals surface area contributed by atoms with Crippen molar-refractivity contribution < 1.29 is 23.1 Å². The molecule has 0 fully saturated rings. The molecule has 0 heterocycles. The standard InChI is InChI=1S/C16H26BrO5P/c1-7-20-15-10-13(8-9-14(15)19-6)16(17)23(18,21-11(2)3)22-12(4)5/h8-12,16H,7H2,1-6H3. The Morgan fingerprint density at radius 2 is 1.65 bits per heavy atom. The summed E-state index contributed by atoms with van der Waals surface area (Å²) in [6, 6.07) is 5.40. The molecule has 0 bridgehead atoms. The van der Waals surface area contributed by atoms with Gasteiger partial charge < -0.3 is 18.5 Å². The van der Waals surface area contributed by atoms with E-state index in [0.717, 1.165) is 5.56 Å². The van der Waals surface area contributed by atoms with Gasteiger partial charge in [0.1, 0.15) is 4.57 Å². The average Bonchev–Trinajstić information content (AvgIpc) is 2.45. The monoisotopic (exact) mass is 408 g/mol. The van der Waals surface area contributed by atoms with E-state index in [1.807, 2.05) is 40.7 Å². The second kappa shape index (κ2) is 9.07. The summed E-state index contributed by atoms with van der Waals surface area (Å²) in [5.74, 6) is 1.22. The summed E-state index contributed by atoms with van der Waals surface area (Å²) >= 11 is 3.49. The molecule has 0 radical (unpaired) electrons. The van der Waals surface area contributed by atoms with E-state index in [4.69, 9.17) is 18.5 Å². The fraction of sp³-hybridized carbons (Fsp3) is 0.625. The highest BCUT2D eigenvalue weighted by atomic mass is 79.9. The molecule has 0 N–H and O–H groups in total. The van der Waals surface area contributed by atoms with E-state index in [1.54, 1.807) is 19.2 Å². The third-order valence-electron chi connectivity index (χ3n) is 2.76. The Hall–Kier alpha value is -0.550. The Bertz CT molecular complexity index is 533. The average molecular weight is 409 g/mol. The summed E-state index contributed by atoms with van der Waals surface area (Å²) in [6.07, 6.45) is -0.437. The van der Waals surface area contributed by atoms with Gasteiger partial charge in [0, 0.05) is 0 Å². The third-order valence-corrected chi connectivity index (χ3v) is 7.07. The molecule has 0 aliphatic heterocycles. The Morgan fingerprint density at radius 3 is 2.09 bits per heavy atom. The van der Waals surface area contributed by atoms with Crippen LogP contribution in [0.25, 0.3) is 0 Å². The maximum absolute atomic E-state index is 13.2. The van der Waals surface area contributed by atoms with E-state index in [1.165, 1.54) is 0 Å². The molecule has 0 aliphatic rings. The van der Waals surface area contributed by atoms with E-state index >= 15 is 0 Å². The zero-order chi connectivity index (χ0) is 17.6. The second-order valence-corrected chi connectivity index (χ2v) is 9.17. The highest BCUT2D eigenvalue weighted by molar-refractivity contribution is 9.10. The smallest absolute Gasteiger partial charge is 0.349 e. The van der Waals surface area contributed by atoms with E-state index < -0.39 is 12.2 Å². The van der Waals surface area contributed by atoms with Crippen LogP contribution in [0.5, 0.6) is 11.5 Å². The van der Waals surface area contributed by atoms with Gasteiger partial charge in [-0.1, -0.05) is 22.0 Å². The molecule has 0 amide bonds. The molecule has 0 saturated heterocycles. The molecule has 0 aromatic heterocycles. The van der Waals surface area contributed by atoms with Gasteiger partial charge in [0.2, 0.25) is 0 Å². The van der Waals surface area contributed by atoms with Crippen molar-refractivity contribution in [3.05, 3.63) is 23.8 Å².